The molecule has 2 aromatic rings. The van der Waals surface area contributed by atoms with Crippen molar-refractivity contribution in [3.05, 3.63) is 28.5 Å². The fraction of sp³-hybridized carbons (Fsp3) is 0.556. The van der Waals surface area contributed by atoms with Crippen LogP contribution in [0.5, 0.6) is 0 Å². The Balaban J connectivity index is 1.97. The Morgan fingerprint density at radius 1 is 1.48 bits per heavy atom. The van der Waals surface area contributed by atoms with Crippen molar-refractivity contribution in [2.24, 2.45) is 5.41 Å². The van der Waals surface area contributed by atoms with Gasteiger partial charge in [-0.05, 0) is 68.6 Å². The first-order chi connectivity index (χ1) is 11.6. The van der Waals surface area contributed by atoms with Gasteiger partial charge in [-0.2, -0.15) is 5.26 Å². The molecule has 5 nitrogen and oxygen atoms in total. The Morgan fingerprint density at radius 2 is 2.16 bits per heavy atom. The lowest BCUT2D eigenvalue weighted by Crippen LogP contribution is -2.40. The lowest BCUT2D eigenvalue weighted by atomic mass is 10.1. The SMILES string of the molecule is CC(N[S+]([O-])C(C)(C)C)c1cn(CC2(C#N)CC2)c2nc(Br)ccc12. The molecule has 2 unspecified atom stereocenters. The van der Waals surface area contributed by atoms with Crippen LogP contribution in [-0.2, 0) is 17.9 Å². The predicted molar refractivity (Wildman–Crippen MR) is 104 cm³/mol. The largest absolute Gasteiger partial charge is 0.598 e. The molecule has 2 atom stereocenters. The molecule has 1 aliphatic carbocycles. The van der Waals surface area contributed by atoms with Crippen LogP contribution in [0.25, 0.3) is 11.0 Å². The molecule has 0 aliphatic heterocycles. The van der Waals surface area contributed by atoms with Gasteiger partial charge in [0.2, 0.25) is 0 Å². The van der Waals surface area contributed by atoms with E-state index in [4.69, 9.17) is 0 Å². The Kier molecular flexibility index (Phi) is 4.93. The van der Waals surface area contributed by atoms with Crippen molar-refractivity contribution in [2.45, 2.75) is 57.9 Å². The second kappa shape index (κ2) is 6.58. The maximum Gasteiger partial charge on any atom is 0.141 e. The number of hydrogen-bond acceptors (Lipinski definition) is 4. The van der Waals surface area contributed by atoms with E-state index >= 15 is 0 Å². The van der Waals surface area contributed by atoms with Crippen LogP contribution in [0, 0.1) is 16.7 Å². The molecule has 2 heterocycles. The summed E-state index contributed by atoms with van der Waals surface area (Å²) in [4.78, 5) is 4.62. The van der Waals surface area contributed by atoms with E-state index in [9.17, 15) is 9.81 Å². The van der Waals surface area contributed by atoms with E-state index < -0.39 is 11.4 Å². The fourth-order valence-corrected chi connectivity index (χ4v) is 3.92. The average Bonchev–Trinajstić information content (AvgIpc) is 3.22. The molecule has 1 saturated carbocycles. The molecule has 1 aliphatic rings. The van der Waals surface area contributed by atoms with Crippen LogP contribution < -0.4 is 4.72 Å². The summed E-state index contributed by atoms with van der Waals surface area (Å²) in [6, 6.07) is 6.31. The van der Waals surface area contributed by atoms with Crippen LogP contribution in [0.15, 0.2) is 22.9 Å². The third-order valence-electron chi connectivity index (χ3n) is 4.59. The summed E-state index contributed by atoms with van der Waals surface area (Å²) in [5.74, 6) is 0. The van der Waals surface area contributed by atoms with Gasteiger partial charge in [-0.1, -0.05) is 0 Å². The maximum atomic E-state index is 12.5. The average molecular weight is 423 g/mol. The molecule has 0 amide bonds. The van der Waals surface area contributed by atoms with E-state index in [1.165, 1.54) is 0 Å². The Bertz CT molecular complexity index is 832. The van der Waals surface area contributed by atoms with Gasteiger partial charge in [0.05, 0.1) is 17.5 Å². The van der Waals surface area contributed by atoms with Gasteiger partial charge >= 0.3 is 0 Å². The van der Waals surface area contributed by atoms with Gasteiger partial charge in [0.25, 0.3) is 0 Å². The smallest absolute Gasteiger partial charge is 0.141 e. The van der Waals surface area contributed by atoms with Crippen LogP contribution in [0.1, 0.15) is 52.1 Å². The second-order valence-corrected chi connectivity index (χ2v) is 10.6. The summed E-state index contributed by atoms with van der Waals surface area (Å²) < 4.78 is 18.2. The highest BCUT2D eigenvalue weighted by Crippen LogP contribution is 2.47. The number of nitrogens with zero attached hydrogens (tertiary/aromatic N) is 3. The number of nitriles is 1. The zero-order valence-corrected chi connectivity index (χ0v) is 17.4. The van der Waals surface area contributed by atoms with E-state index in [2.05, 4.69) is 42.5 Å². The maximum absolute atomic E-state index is 12.5. The predicted octanol–water partition coefficient (Wildman–Crippen LogP) is 4.22. The van der Waals surface area contributed by atoms with Crippen LogP contribution in [-0.4, -0.2) is 18.9 Å². The molecule has 1 fully saturated rings. The van der Waals surface area contributed by atoms with E-state index in [1.807, 2.05) is 39.8 Å². The van der Waals surface area contributed by atoms with E-state index in [0.29, 0.717) is 6.54 Å². The number of fused-ring (bicyclic) bond motifs is 1. The van der Waals surface area contributed by atoms with Crippen LogP contribution in [0.3, 0.4) is 0 Å². The lowest BCUT2D eigenvalue weighted by molar-refractivity contribution is 0.526. The highest BCUT2D eigenvalue weighted by Gasteiger charge is 2.44. The molecule has 7 heteroatoms. The summed E-state index contributed by atoms with van der Waals surface area (Å²) >= 11 is 2.28. The Morgan fingerprint density at radius 3 is 2.72 bits per heavy atom. The van der Waals surface area contributed by atoms with Gasteiger partial charge in [-0.25, -0.2) is 4.98 Å². The minimum absolute atomic E-state index is 0.0796. The van der Waals surface area contributed by atoms with Gasteiger partial charge < -0.3 is 9.12 Å². The summed E-state index contributed by atoms with van der Waals surface area (Å²) in [5.41, 5.74) is 1.67. The molecule has 25 heavy (non-hydrogen) atoms. The summed E-state index contributed by atoms with van der Waals surface area (Å²) in [5, 5.41) is 10.5. The third-order valence-corrected chi connectivity index (χ3v) is 6.71. The zero-order valence-electron chi connectivity index (χ0n) is 15.0. The molecule has 0 spiro atoms. The summed E-state index contributed by atoms with van der Waals surface area (Å²) in [6.45, 7) is 8.53. The summed E-state index contributed by atoms with van der Waals surface area (Å²) in [7, 11) is 0. The molecule has 1 N–H and O–H groups in total. The van der Waals surface area contributed by atoms with Crippen molar-refractivity contribution < 1.29 is 4.55 Å². The number of halogens is 1. The first-order valence-corrected chi connectivity index (χ1v) is 10.3. The van der Waals surface area contributed by atoms with Gasteiger partial charge in [-0.3, -0.25) is 0 Å². The molecular weight excluding hydrogens is 400 g/mol. The summed E-state index contributed by atoms with van der Waals surface area (Å²) in [6.07, 6.45) is 3.93. The third kappa shape index (κ3) is 3.87. The molecule has 0 bridgehead atoms. The monoisotopic (exact) mass is 422 g/mol. The highest BCUT2D eigenvalue weighted by molar-refractivity contribution is 9.10. The number of hydrogen-bond donors (Lipinski definition) is 1. The van der Waals surface area contributed by atoms with Crippen molar-refractivity contribution in [1.82, 2.24) is 14.3 Å². The fourth-order valence-electron chi connectivity index (χ4n) is 2.82. The molecule has 134 valence electrons. The van der Waals surface area contributed by atoms with Gasteiger partial charge in [0, 0.05) is 35.1 Å². The first-order valence-electron chi connectivity index (χ1n) is 8.40. The molecular formula is C18H23BrN4OS. The van der Waals surface area contributed by atoms with E-state index in [0.717, 1.165) is 34.0 Å². The van der Waals surface area contributed by atoms with E-state index in [-0.39, 0.29) is 16.2 Å². The minimum atomic E-state index is -1.16. The van der Waals surface area contributed by atoms with Crippen molar-refractivity contribution >= 4 is 38.3 Å². The number of nitrogens with one attached hydrogen (secondary N) is 1. The number of pyridine rings is 1. The van der Waals surface area contributed by atoms with Crippen molar-refractivity contribution in [1.29, 1.82) is 5.26 Å². The van der Waals surface area contributed by atoms with Gasteiger partial charge in [0.15, 0.2) is 0 Å². The topological polar surface area (TPSA) is 76.7 Å². The van der Waals surface area contributed by atoms with Crippen LogP contribution in [0.4, 0.5) is 0 Å². The standard InChI is InChI=1S/C18H23BrN4OS/c1-12(22-25(24)17(2,3)4)14-9-23(11-18(10-20)7-8-18)16-13(14)5-6-15(19)21-16/h5-6,9,12,22H,7-8,11H2,1-4H3. The Labute approximate surface area is 160 Å². The van der Waals surface area contributed by atoms with E-state index in [1.54, 1.807) is 0 Å². The minimum Gasteiger partial charge on any atom is -0.598 e. The first kappa shape index (κ1) is 18.7. The molecule has 0 saturated heterocycles. The van der Waals surface area contributed by atoms with Crippen LogP contribution >= 0.6 is 15.9 Å². The molecule has 3 rings (SSSR count). The zero-order chi connectivity index (χ0) is 18.4. The molecule has 2 aromatic heterocycles. The number of rotatable bonds is 5. The Hall–Kier alpha value is -1.07. The molecule has 0 aromatic carbocycles. The highest BCUT2D eigenvalue weighted by atomic mass is 79.9. The lowest BCUT2D eigenvalue weighted by Gasteiger charge is -2.26. The molecule has 0 radical (unpaired) electrons. The quantitative estimate of drug-likeness (QED) is 0.577. The van der Waals surface area contributed by atoms with Crippen molar-refractivity contribution in [2.75, 3.05) is 0 Å². The van der Waals surface area contributed by atoms with Gasteiger partial charge in [0.1, 0.15) is 15.0 Å². The second-order valence-electron chi connectivity index (χ2n) is 7.83. The van der Waals surface area contributed by atoms with Gasteiger partial charge in [-0.15, -0.1) is 4.72 Å². The van der Waals surface area contributed by atoms with Crippen LogP contribution in [0.2, 0.25) is 0 Å². The number of aromatic nitrogens is 2. The van der Waals surface area contributed by atoms with Crippen molar-refractivity contribution in [3.63, 3.8) is 0 Å². The normalized spacial score (nSPS) is 18.8. The van der Waals surface area contributed by atoms with Crippen molar-refractivity contribution in [3.8, 4) is 6.07 Å².